The van der Waals surface area contributed by atoms with Gasteiger partial charge in [-0.2, -0.15) is 0 Å². The lowest BCUT2D eigenvalue weighted by atomic mass is 9.95. The van der Waals surface area contributed by atoms with Gasteiger partial charge < -0.3 is 15.5 Å². The van der Waals surface area contributed by atoms with E-state index in [9.17, 15) is 14.0 Å². The maximum absolute atomic E-state index is 13.2. The predicted octanol–water partition coefficient (Wildman–Crippen LogP) is 3.87. The summed E-state index contributed by atoms with van der Waals surface area (Å²) in [7, 11) is 0. The van der Waals surface area contributed by atoms with Crippen molar-refractivity contribution < 1.29 is 14.0 Å². The van der Waals surface area contributed by atoms with E-state index >= 15 is 0 Å². The zero-order chi connectivity index (χ0) is 20.8. The number of halogens is 2. The van der Waals surface area contributed by atoms with Crippen LogP contribution in [0.2, 0.25) is 5.02 Å². The second kappa shape index (κ2) is 9.69. The second-order valence-electron chi connectivity index (χ2n) is 7.04. The summed E-state index contributed by atoms with van der Waals surface area (Å²) in [6.45, 7) is 4.02. The fourth-order valence-corrected chi connectivity index (χ4v) is 3.42. The van der Waals surface area contributed by atoms with Crippen molar-refractivity contribution in [2.24, 2.45) is 5.92 Å². The molecule has 2 amide bonds. The molecule has 2 heterocycles. The van der Waals surface area contributed by atoms with Crippen LogP contribution in [0.1, 0.15) is 36.5 Å². The van der Waals surface area contributed by atoms with Crippen LogP contribution in [0.5, 0.6) is 0 Å². The van der Waals surface area contributed by atoms with Crippen LogP contribution in [0.3, 0.4) is 0 Å². The van der Waals surface area contributed by atoms with Gasteiger partial charge in [-0.3, -0.25) is 9.59 Å². The van der Waals surface area contributed by atoms with Gasteiger partial charge in [-0.15, -0.1) is 0 Å². The van der Waals surface area contributed by atoms with Crippen LogP contribution in [0.4, 0.5) is 15.9 Å². The van der Waals surface area contributed by atoms with Crippen molar-refractivity contribution in [2.75, 3.05) is 29.9 Å². The van der Waals surface area contributed by atoms with E-state index in [1.165, 1.54) is 18.2 Å². The average molecular weight is 419 g/mol. The van der Waals surface area contributed by atoms with Crippen molar-refractivity contribution in [3.63, 3.8) is 0 Å². The van der Waals surface area contributed by atoms with Gasteiger partial charge in [0.1, 0.15) is 11.6 Å². The summed E-state index contributed by atoms with van der Waals surface area (Å²) < 4.78 is 13.2. The summed E-state index contributed by atoms with van der Waals surface area (Å²) in [5.41, 5.74) is 1.02. The van der Waals surface area contributed by atoms with Gasteiger partial charge in [0.15, 0.2) is 0 Å². The number of amides is 2. The molecule has 1 saturated heterocycles. The van der Waals surface area contributed by atoms with E-state index in [2.05, 4.69) is 20.5 Å². The number of pyridine rings is 1. The first-order valence-corrected chi connectivity index (χ1v) is 10.1. The molecular formula is C21H24ClFN4O2. The van der Waals surface area contributed by atoms with E-state index in [1.807, 2.05) is 13.0 Å². The first-order valence-electron chi connectivity index (χ1n) is 9.73. The maximum Gasteiger partial charge on any atom is 0.252 e. The highest BCUT2D eigenvalue weighted by molar-refractivity contribution is 6.31. The number of hydrogen-bond donors (Lipinski definition) is 2. The van der Waals surface area contributed by atoms with Crippen molar-refractivity contribution in [3.8, 4) is 0 Å². The molecule has 1 fully saturated rings. The highest BCUT2D eigenvalue weighted by atomic mass is 35.5. The normalized spacial score (nSPS) is 14.5. The van der Waals surface area contributed by atoms with E-state index in [0.29, 0.717) is 43.7 Å². The molecule has 2 N–H and O–H groups in total. The number of rotatable bonds is 6. The molecule has 8 heteroatoms. The van der Waals surface area contributed by atoms with Gasteiger partial charge in [-0.05, 0) is 49.6 Å². The van der Waals surface area contributed by atoms with Crippen molar-refractivity contribution in [2.45, 2.75) is 26.2 Å². The minimum Gasteiger partial charge on any atom is -0.357 e. The molecule has 3 rings (SSSR count). The lowest BCUT2D eigenvalue weighted by Gasteiger charge is -2.32. The van der Waals surface area contributed by atoms with Crippen molar-refractivity contribution >= 4 is 34.9 Å². The number of carbonyl (C=O) groups excluding carboxylic acids is 2. The fraction of sp³-hybridized carbons (Fsp3) is 0.381. The minimum atomic E-state index is -0.515. The number of aromatic nitrogens is 1. The summed E-state index contributed by atoms with van der Waals surface area (Å²) >= 11 is 5.76. The minimum absolute atomic E-state index is 0.0180. The van der Waals surface area contributed by atoms with Crippen LogP contribution in [0.25, 0.3) is 0 Å². The Morgan fingerprint density at radius 3 is 2.62 bits per heavy atom. The standard InChI is InChI=1S/C21H24ClFN4O2/c1-2-9-24-20(28)15-3-6-19(25-13-15)27-10-7-14(8-11-27)21(29)26-16-4-5-18(23)17(22)12-16/h3-6,12-14H,2,7-11H2,1H3,(H,24,28)(H,26,29). The molecule has 0 radical (unpaired) electrons. The van der Waals surface area contributed by atoms with Gasteiger partial charge in [-0.1, -0.05) is 18.5 Å². The number of nitrogens with zero attached hydrogens (tertiary/aromatic N) is 2. The van der Waals surface area contributed by atoms with Crippen molar-refractivity contribution in [1.82, 2.24) is 10.3 Å². The quantitative estimate of drug-likeness (QED) is 0.746. The molecule has 1 aliphatic heterocycles. The summed E-state index contributed by atoms with van der Waals surface area (Å²) in [6.07, 6.45) is 3.83. The Hall–Kier alpha value is -2.67. The molecule has 0 unspecified atom stereocenters. The number of benzene rings is 1. The number of nitrogens with one attached hydrogen (secondary N) is 2. The van der Waals surface area contributed by atoms with Crippen LogP contribution in [0.15, 0.2) is 36.5 Å². The van der Waals surface area contributed by atoms with E-state index < -0.39 is 5.82 Å². The second-order valence-corrected chi connectivity index (χ2v) is 7.45. The third-order valence-electron chi connectivity index (χ3n) is 4.92. The zero-order valence-electron chi connectivity index (χ0n) is 16.3. The molecule has 29 heavy (non-hydrogen) atoms. The van der Waals surface area contributed by atoms with Crippen LogP contribution < -0.4 is 15.5 Å². The Bertz CT molecular complexity index is 867. The molecule has 0 atom stereocenters. The Labute approximate surface area is 174 Å². The monoisotopic (exact) mass is 418 g/mol. The molecular weight excluding hydrogens is 395 g/mol. The summed E-state index contributed by atoms with van der Waals surface area (Å²) in [4.78, 5) is 31.0. The van der Waals surface area contributed by atoms with Crippen LogP contribution >= 0.6 is 11.6 Å². The highest BCUT2D eigenvalue weighted by Gasteiger charge is 2.26. The smallest absolute Gasteiger partial charge is 0.252 e. The Balaban J connectivity index is 1.52. The molecule has 0 spiro atoms. The molecule has 0 saturated carbocycles. The molecule has 0 bridgehead atoms. The number of carbonyl (C=O) groups is 2. The molecule has 2 aromatic rings. The van der Waals surface area contributed by atoms with Gasteiger partial charge >= 0.3 is 0 Å². The first-order chi connectivity index (χ1) is 14.0. The molecule has 0 aliphatic carbocycles. The SMILES string of the molecule is CCCNC(=O)c1ccc(N2CCC(C(=O)Nc3ccc(F)c(Cl)c3)CC2)nc1. The molecule has 154 valence electrons. The van der Waals surface area contributed by atoms with E-state index in [4.69, 9.17) is 11.6 Å². The van der Waals surface area contributed by atoms with Gasteiger partial charge in [0, 0.05) is 37.4 Å². The largest absolute Gasteiger partial charge is 0.357 e. The first kappa shape index (κ1) is 21.0. The van der Waals surface area contributed by atoms with Crippen LogP contribution in [-0.2, 0) is 4.79 Å². The van der Waals surface area contributed by atoms with Gasteiger partial charge in [-0.25, -0.2) is 9.37 Å². The summed E-state index contributed by atoms with van der Waals surface area (Å²) in [5, 5.41) is 5.61. The Morgan fingerprint density at radius 2 is 2.00 bits per heavy atom. The molecule has 6 nitrogen and oxygen atoms in total. The maximum atomic E-state index is 13.2. The van der Waals surface area contributed by atoms with Crippen molar-refractivity contribution in [3.05, 3.63) is 52.9 Å². The van der Waals surface area contributed by atoms with E-state index in [0.717, 1.165) is 12.2 Å². The van der Waals surface area contributed by atoms with Crippen LogP contribution in [0, 0.1) is 11.7 Å². The molecule has 1 aliphatic rings. The van der Waals surface area contributed by atoms with Crippen molar-refractivity contribution in [1.29, 1.82) is 0 Å². The molecule has 1 aromatic carbocycles. The van der Waals surface area contributed by atoms with Crippen LogP contribution in [-0.4, -0.2) is 36.4 Å². The lowest BCUT2D eigenvalue weighted by Crippen LogP contribution is -2.38. The van der Waals surface area contributed by atoms with E-state index in [1.54, 1.807) is 12.3 Å². The molecule has 1 aromatic heterocycles. The lowest BCUT2D eigenvalue weighted by molar-refractivity contribution is -0.120. The Kier molecular flexibility index (Phi) is 7.04. The highest BCUT2D eigenvalue weighted by Crippen LogP contribution is 2.25. The fourth-order valence-electron chi connectivity index (χ4n) is 3.24. The zero-order valence-corrected chi connectivity index (χ0v) is 17.0. The average Bonchev–Trinajstić information content (AvgIpc) is 2.75. The van der Waals surface area contributed by atoms with E-state index in [-0.39, 0.29) is 22.8 Å². The Morgan fingerprint density at radius 1 is 1.24 bits per heavy atom. The number of anilines is 2. The third-order valence-corrected chi connectivity index (χ3v) is 5.21. The van der Waals surface area contributed by atoms with Gasteiger partial charge in [0.25, 0.3) is 5.91 Å². The summed E-state index contributed by atoms with van der Waals surface area (Å²) in [6, 6.07) is 7.74. The third kappa shape index (κ3) is 5.44. The van der Waals surface area contributed by atoms with Gasteiger partial charge in [0.05, 0.1) is 10.6 Å². The summed E-state index contributed by atoms with van der Waals surface area (Å²) in [5.74, 6) is -0.0693. The number of hydrogen-bond acceptors (Lipinski definition) is 4. The topological polar surface area (TPSA) is 74.3 Å². The predicted molar refractivity (Wildman–Crippen MR) is 112 cm³/mol. The van der Waals surface area contributed by atoms with Gasteiger partial charge in [0.2, 0.25) is 5.91 Å². The number of piperidine rings is 1.